The van der Waals surface area contributed by atoms with Gasteiger partial charge in [0, 0.05) is 37.9 Å². The standard InChI is InChI=1S/C22H27NO4/c24-20-7-6-18(16-4-2-1-3-5-16)19(20)14-21(25)23-17-8-11-27-22(15-17)9-12-26-13-10-22/h1-5,17H,6-15H2,(H,23,25)/t17-/m0/s1. The van der Waals surface area contributed by atoms with E-state index in [2.05, 4.69) is 5.32 Å². The zero-order valence-electron chi connectivity index (χ0n) is 15.7. The fraction of sp³-hybridized carbons (Fsp3) is 0.545. The smallest absolute Gasteiger partial charge is 0.224 e. The number of allylic oxidation sites excluding steroid dienone is 1. The first-order valence-electron chi connectivity index (χ1n) is 9.97. The number of hydrogen-bond donors (Lipinski definition) is 1. The van der Waals surface area contributed by atoms with E-state index in [0.29, 0.717) is 18.6 Å². The molecule has 1 spiro atoms. The molecule has 1 aromatic carbocycles. The molecule has 0 unspecified atom stereocenters. The first kappa shape index (κ1) is 18.4. The number of rotatable bonds is 4. The van der Waals surface area contributed by atoms with Crippen LogP contribution in [0.5, 0.6) is 0 Å². The molecule has 5 heteroatoms. The molecule has 1 aromatic rings. The predicted molar refractivity (Wildman–Crippen MR) is 102 cm³/mol. The molecule has 0 aromatic heterocycles. The van der Waals surface area contributed by atoms with Crippen LogP contribution < -0.4 is 5.32 Å². The first-order valence-corrected chi connectivity index (χ1v) is 9.97. The SMILES string of the molecule is O=C(CC1=C(c2ccccc2)CCC1=O)N[C@H]1CCOC2(CCOCC2)C1. The van der Waals surface area contributed by atoms with Crippen LogP contribution in [0.3, 0.4) is 0 Å². The Bertz CT molecular complexity index is 728. The third kappa shape index (κ3) is 4.14. The van der Waals surface area contributed by atoms with Gasteiger partial charge in [-0.3, -0.25) is 9.59 Å². The Morgan fingerprint density at radius 1 is 1.11 bits per heavy atom. The van der Waals surface area contributed by atoms with Gasteiger partial charge in [-0.1, -0.05) is 30.3 Å². The lowest BCUT2D eigenvalue weighted by Gasteiger charge is -2.43. The van der Waals surface area contributed by atoms with Crippen LogP contribution in [0, 0.1) is 0 Å². The van der Waals surface area contributed by atoms with Gasteiger partial charge in [0.1, 0.15) is 0 Å². The van der Waals surface area contributed by atoms with Crippen molar-refractivity contribution in [2.45, 2.75) is 56.6 Å². The van der Waals surface area contributed by atoms with Gasteiger partial charge in [0.2, 0.25) is 5.91 Å². The molecule has 1 atom stereocenters. The molecule has 5 nitrogen and oxygen atoms in total. The summed E-state index contributed by atoms with van der Waals surface area (Å²) in [7, 11) is 0. The lowest BCUT2D eigenvalue weighted by molar-refractivity contribution is -0.144. The highest BCUT2D eigenvalue weighted by Crippen LogP contribution is 2.35. The van der Waals surface area contributed by atoms with Gasteiger partial charge in [0.15, 0.2) is 5.78 Å². The van der Waals surface area contributed by atoms with Gasteiger partial charge >= 0.3 is 0 Å². The van der Waals surface area contributed by atoms with Gasteiger partial charge in [0.25, 0.3) is 0 Å². The van der Waals surface area contributed by atoms with E-state index in [4.69, 9.17) is 9.47 Å². The Kier molecular flexibility index (Phi) is 5.41. The monoisotopic (exact) mass is 369 g/mol. The van der Waals surface area contributed by atoms with E-state index in [1.54, 1.807) is 0 Å². The number of carbonyl (C=O) groups is 2. The van der Waals surface area contributed by atoms with Crippen LogP contribution >= 0.6 is 0 Å². The molecule has 4 rings (SSSR count). The Labute approximate surface area is 160 Å². The summed E-state index contributed by atoms with van der Waals surface area (Å²) < 4.78 is 11.5. The van der Waals surface area contributed by atoms with E-state index < -0.39 is 0 Å². The van der Waals surface area contributed by atoms with Crippen LogP contribution in [-0.4, -0.2) is 43.2 Å². The Morgan fingerprint density at radius 2 is 1.89 bits per heavy atom. The van der Waals surface area contributed by atoms with Crippen molar-refractivity contribution in [3.63, 3.8) is 0 Å². The minimum atomic E-state index is -0.147. The molecule has 2 fully saturated rings. The van der Waals surface area contributed by atoms with Gasteiger partial charge in [-0.05, 0) is 43.2 Å². The maximum atomic E-state index is 12.7. The topological polar surface area (TPSA) is 64.6 Å². The summed E-state index contributed by atoms with van der Waals surface area (Å²) in [5.74, 6) is 0.0553. The summed E-state index contributed by atoms with van der Waals surface area (Å²) in [6.45, 7) is 2.12. The molecular weight excluding hydrogens is 342 g/mol. The highest BCUT2D eigenvalue weighted by molar-refractivity contribution is 6.10. The largest absolute Gasteiger partial charge is 0.381 e. The van der Waals surface area contributed by atoms with Gasteiger partial charge < -0.3 is 14.8 Å². The highest BCUT2D eigenvalue weighted by atomic mass is 16.5. The molecule has 3 aliphatic rings. The Balaban J connectivity index is 1.42. The van der Waals surface area contributed by atoms with Gasteiger partial charge in [-0.2, -0.15) is 0 Å². The van der Waals surface area contributed by atoms with Crippen molar-refractivity contribution >= 4 is 17.3 Å². The average molecular weight is 369 g/mol. The average Bonchev–Trinajstić information content (AvgIpc) is 3.03. The molecule has 144 valence electrons. The maximum absolute atomic E-state index is 12.7. The quantitative estimate of drug-likeness (QED) is 0.886. The second kappa shape index (κ2) is 7.95. The van der Waals surface area contributed by atoms with Crippen LogP contribution in [0.4, 0.5) is 0 Å². The number of benzene rings is 1. The molecular formula is C22H27NO4. The summed E-state index contributed by atoms with van der Waals surface area (Å²) in [6, 6.07) is 10.0. The second-order valence-electron chi connectivity index (χ2n) is 7.82. The number of ketones is 1. The number of Topliss-reactive ketones (excluding diaryl/α,β-unsaturated/α-hetero) is 1. The van der Waals surface area contributed by atoms with E-state index in [-0.39, 0.29) is 29.8 Å². The third-order valence-corrected chi connectivity index (χ3v) is 6.02. The minimum absolute atomic E-state index is 0.0530. The molecule has 1 amide bonds. The van der Waals surface area contributed by atoms with Crippen molar-refractivity contribution in [1.82, 2.24) is 5.32 Å². The number of amides is 1. The van der Waals surface area contributed by atoms with Crippen molar-refractivity contribution in [3.05, 3.63) is 41.5 Å². The van der Waals surface area contributed by atoms with Crippen LogP contribution in [0.2, 0.25) is 0 Å². The van der Waals surface area contributed by atoms with E-state index in [0.717, 1.165) is 56.5 Å². The fourth-order valence-electron chi connectivity index (χ4n) is 4.55. The van der Waals surface area contributed by atoms with Crippen molar-refractivity contribution in [3.8, 4) is 0 Å². The van der Waals surface area contributed by atoms with E-state index in [9.17, 15) is 9.59 Å². The molecule has 2 heterocycles. The van der Waals surface area contributed by atoms with Crippen molar-refractivity contribution in [2.24, 2.45) is 0 Å². The van der Waals surface area contributed by atoms with Crippen LogP contribution in [0.1, 0.15) is 50.5 Å². The maximum Gasteiger partial charge on any atom is 0.224 e. The molecule has 0 bridgehead atoms. The molecule has 0 saturated carbocycles. The van der Waals surface area contributed by atoms with E-state index >= 15 is 0 Å². The molecule has 1 N–H and O–H groups in total. The van der Waals surface area contributed by atoms with E-state index in [1.165, 1.54) is 0 Å². The summed E-state index contributed by atoms with van der Waals surface area (Å²) in [6.07, 6.45) is 4.85. The molecule has 1 aliphatic carbocycles. The number of carbonyl (C=O) groups excluding carboxylic acids is 2. The Morgan fingerprint density at radius 3 is 2.67 bits per heavy atom. The molecule has 2 saturated heterocycles. The highest BCUT2D eigenvalue weighted by Gasteiger charge is 2.39. The summed E-state index contributed by atoms with van der Waals surface area (Å²) >= 11 is 0. The lowest BCUT2D eigenvalue weighted by atomic mass is 9.84. The molecule has 2 aliphatic heterocycles. The van der Waals surface area contributed by atoms with Gasteiger partial charge in [-0.25, -0.2) is 0 Å². The Hall–Kier alpha value is -1.98. The summed E-state index contributed by atoms with van der Waals surface area (Å²) in [5.41, 5.74) is 2.63. The number of hydrogen-bond acceptors (Lipinski definition) is 4. The normalized spacial score (nSPS) is 25.0. The van der Waals surface area contributed by atoms with Crippen molar-refractivity contribution in [2.75, 3.05) is 19.8 Å². The number of ether oxygens (including phenoxy) is 2. The first-order chi connectivity index (χ1) is 13.2. The second-order valence-corrected chi connectivity index (χ2v) is 7.82. The molecule has 27 heavy (non-hydrogen) atoms. The van der Waals surface area contributed by atoms with Crippen molar-refractivity contribution < 1.29 is 19.1 Å². The molecule has 0 radical (unpaired) electrons. The zero-order valence-corrected chi connectivity index (χ0v) is 15.7. The van der Waals surface area contributed by atoms with Crippen LogP contribution in [0.15, 0.2) is 35.9 Å². The zero-order chi connectivity index (χ0) is 18.7. The predicted octanol–water partition coefficient (Wildman–Crippen LogP) is 3.04. The lowest BCUT2D eigenvalue weighted by Crippen LogP contribution is -2.51. The fourth-order valence-corrected chi connectivity index (χ4v) is 4.55. The minimum Gasteiger partial charge on any atom is -0.381 e. The number of nitrogens with one attached hydrogen (secondary N) is 1. The van der Waals surface area contributed by atoms with Crippen molar-refractivity contribution in [1.29, 1.82) is 0 Å². The van der Waals surface area contributed by atoms with E-state index in [1.807, 2.05) is 30.3 Å². The third-order valence-electron chi connectivity index (χ3n) is 6.02. The summed E-state index contributed by atoms with van der Waals surface area (Å²) in [5, 5.41) is 3.16. The summed E-state index contributed by atoms with van der Waals surface area (Å²) in [4.78, 5) is 25.1. The van der Waals surface area contributed by atoms with Crippen LogP contribution in [-0.2, 0) is 19.1 Å². The van der Waals surface area contributed by atoms with Gasteiger partial charge in [-0.15, -0.1) is 0 Å². The van der Waals surface area contributed by atoms with Crippen LogP contribution in [0.25, 0.3) is 5.57 Å². The van der Waals surface area contributed by atoms with Gasteiger partial charge in [0.05, 0.1) is 12.0 Å².